The Hall–Kier alpha value is -3.49. The number of rotatable bonds is 12. The van der Waals surface area contributed by atoms with Crippen LogP contribution in [-0.4, -0.2) is 101 Å². The number of carboxylic acid groups (broad SMARTS) is 1. The Labute approximate surface area is 262 Å². The van der Waals surface area contributed by atoms with E-state index in [1.54, 1.807) is 20.8 Å². The SMILES string of the molecule is Cc1nnc(SCC2=C(C(=O)O)N3C(=O)C(NC(=O)/C(=N/OCCCNC(=O)OC(C)(C)C)c4nsc(N)n4)[C@H]3SC2)s1. The first kappa shape index (κ1) is 32.4. The second-order valence-electron chi connectivity index (χ2n) is 10.0. The van der Waals surface area contributed by atoms with Crippen LogP contribution in [0.15, 0.2) is 20.8 Å². The Morgan fingerprint density at radius 3 is 2.67 bits per heavy atom. The second-order valence-corrected chi connectivity index (χ2v) is 14.3. The number of ether oxygens (including phenoxy) is 1. The van der Waals surface area contributed by atoms with Gasteiger partial charge in [-0.05, 0) is 33.3 Å². The number of nitrogen functional groups attached to an aromatic ring is 1. The van der Waals surface area contributed by atoms with E-state index in [2.05, 4.69) is 35.3 Å². The number of anilines is 1. The molecule has 2 atom stereocenters. The third-order valence-electron chi connectivity index (χ3n) is 5.52. The van der Waals surface area contributed by atoms with Gasteiger partial charge in [-0.1, -0.05) is 28.3 Å². The van der Waals surface area contributed by atoms with Crippen molar-refractivity contribution in [2.45, 2.75) is 55.5 Å². The van der Waals surface area contributed by atoms with Crippen molar-refractivity contribution in [3.63, 3.8) is 0 Å². The molecule has 4 heterocycles. The topological polar surface area (TPSA) is 224 Å². The van der Waals surface area contributed by atoms with Crippen molar-refractivity contribution >= 4 is 81.1 Å². The van der Waals surface area contributed by atoms with Crippen LogP contribution in [0.25, 0.3) is 0 Å². The fourth-order valence-electron chi connectivity index (χ4n) is 3.76. The first-order valence-corrected chi connectivity index (χ1v) is 16.4. The molecule has 2 aromatic rings. The summed E-state index contributed by atoms with van der Waals surface area (Å²) in [6.07, 6.45) is -0.223. The number of fused-ring (bicyclic) bond motifs is 1. The van der Waals surface area contributed by atoms with Crippen LogP contribution in [0.4, 0.5) is 9.93 Å². The van der Waals surface area contributed by atoms with Crippen LogP contribution in [-0.2, 0) is 24.0 Å². The van der Waals surface area contributed by atoms with E-state index in [1.165, 1.54) is 39.8 Å². The number of alkyl carbamates (subject to hydrolysis) is 1. The zero-order chi connectivity index (χ0) is 31.3. The van der Waals surface area contributed by atoms with E-state index in [1.807, 2.05) is 6.92 Å². The molecule has 0 spiro atoms. The van der Waals surface area contributed by atoms with E-state index in [0.717, 1.165) is 16.5 Å². The number of hydrogen-bond acceptors (Lipinski definition) is 16. The lowest BCUT2D eigenvalue weighted by Crippen LogP contribution is -2.71. The summed E-state index contributed by atoms with van der Waals surface area (Å²) >= 11 is 4.94. The third kappa shape index (κ3) is 8.33. The van der Waals surface area contributed by atoms with Crippen LogP contribution < -0.4 is 16.4 Å². The molecule has 0 saturated carbocycles. The first-order chi connectivity index (χ1) is 20.3. The van der Waals surface area contributed by atoms with E-state index in [-0.39, 0.29) is 35.5 Å². The van der Waals surface area contributed by atoms with Crippen molar-refractivity contribution in [2.75, 3.05) is 30.4 Å². The van der Waals surface area contributed by atoms with Crippen LogP contribution in [0.5, 0.6) is 0 Å². The molecular weight excluding hydrogens is 643 g/mol. The minimum Gasteiger partial charge on any atom is -0.477 e. The van der Waals surface area contributed by atoms with Gasteiger partial charge in [-0.15, -0.1) is 22.0 Å². The highest BCUT2D eigenvalue weighted by Crippen LogP contribution is 2.41. The van der Waals surface area contributed by atoms with Gasteiger partial charge in [0.1, 0.15) is 34.3 Å². The summed E-state index contributed by atoms with van der Waals surface area (Å²) in [5, 5.41) is 27.2. The molecule has 232 valence electrons. The predicted octanol–water partition coefficient (Wildman–Crippen LogP) is 1.45. The molecule has 20 heteroatoms. The van der Waals surface area contributed by atoms with Gasteiger partial charge in [0, 0.05) is 36.0 Å². The highest BCUT2D eigenvalue weighted by Gasteiger charge is 2.54. The van der Waals surface area contributed by atoms with E-state index < -0.39 is 40.9 Å². The maximum absolute atomic E-state index is 13.2. The van der Waals surface area contributed by atoms with Gasteiger partial charge in [0.25, 0.3) is 11.8 Å². The molecule has 3 amide bonds. The molecule has 0 aliphatic carbocycles. The Balaban J connectivity index is 1.37. The fourth-order valence-corrected chi connectivity index (χ4v) is 7.49. The van der Waals surface area contributed by atoms with Gasteiger partial charge in [-0.2, -0.15) is 9.36 Å². The number of thioether (sulfide) groups is 2. The number of β-lactam (4-membered cyclic amide) rings is 1. The molecule has 0 radical (unpaired) electrons. The Morgan fingerprint density at radius 2 is 2.05 bits per heavy atom. The summed E-state index contributed by atoms with van der Waals surface area (Å²) in [6.45, 7) is 7.34. The molecule has 43 heavy (non-hydrogen) atoms. The quantitative estimate of drug-likeness (QED) is 0.0824. The lowest BCUT2D eigenvalue weighted by atomic mass is 10.0. The number of aryl methyl sites for hydroxylation is 1. The van der Waals surface area contributed by atoms with Crippen LogP contribution in [0.2, 0.25) is 0 Å². The second kappa shape index (κ2) is 13.9. The van der Waals surface area contributed by atoms with Crippen molar-refractivity contribution in [1.82, 2.24) is 35.1 Å². The van der Waals surface area contributed by atoms with Crippen LogP contribution >= 0.6 is 46.4 Å². The Bertz CT molecular complexity index is 1450. The summed E-state index contributed by atoms with van der Waals surface area (Å²) in [5.74, 6) is -2.02. The van der Waals surface area contributed by atoms with Crippen molar-refractivity contribution in [3.05, 3.63) is 22.1 Å². The fraction of sp³-hybridized carbons (Fsp3) is 0.522. The molecule has 1 saturated heterocycles. The molecule has 16 nitrogen and oxygen atoms in total. The van der Waals surface area contributed by atoms with Gasteiger partial charge in [0.05, 0.1) is 0 Å². The number of nitrogens with zero attached hydrogens (tertiary/aromatic N) is 6. The molecule has 1 unspecified atom stereocenters. The number of nitrogens with two attached hydrogens (primary N) is 1. The van der Waals surface area contributed by atoms with Crippen LogP contribution in [0, 0.1) is 6.92 Å². The molecule has 0 aromatic carbocycles. The Morgan fingerprint density at radius 1 is 1.28 bits per heavy atom. The number of carbonyl (C=O) groups is 4. The molecule has 4 rings (SSSR count). The maximum atomic E-state index is 13.2. The summed E-state index contributed by atoms with van der Waals surface area (Å²) in [4.78, 5) is 60.7. The van der Waals surface area contributed by atoms with Gasteiger partial charge >= 0.3 is 12.1 Å². The molecule has 5 N–H and O–H groups in total. The number of carbonyl (C=O) groups excluding carboxylic acids is 3. The lowest BCUT2D eigenvalue weighted by molar-refractivity contribution is -0.150. The highest BCUT2D eigenvalue weighted by molar-refractivity contribution is 8.01. The van der Waals surface area contributed by atoms with Gasteiger partial charge in [-0.25, -0.2) is 9.59 Å². The minimum absolute atomic E-state index is 0.0327. The number of amides is 3. The average molecular weight is 672 g/mol. The summed E-state index contributed by atoms with van der Waals surface area (Å²) < 4.78 is 9.88. The largest absolute Gasteiger partial charge is 0.477 e. The van der Waals surface area contributed by atoms with Gasteiger partial charge in [0.15, 0.2) is 9.47 Å². The molecule has 2 aliphatic rings. The molecule has 1 fully saturated rings. The zero-order valence-electron chi connectivity index (χ0n) is 23.5. The van der Waals surface area contributed by atoms with Gasteiger partial charge in [-0.3, -0.25) is 14.5 Å². The average Bonchev–Trinajstić information content (AvgIpc) is 3.55. The maximum Gasteiger partial charge on any atom is 0.407 e. The number of hydrogen-bond donors (Lipinski definition) is 4. The standard InChI is InChI=1S/C23H29N9O7S4/c1-10-28-29-22(42-10)41-9-11-8-40-18-13(17(34)32(18)14(11)19(35)36)26-16(33)12(15-27-20(24)43-31-15)30-38-7-5-6-25-21(37)39-23(2,3)4/h13,18H,5-9H2,1-4H3,(H,25,37)(H,26,33)(H,35,36)(H2,24,27,31)/b30-12+/t13?,18-/m1/s1. The van der Waals surface area contributed by atoms with E-state index in [0.29, 0.717) is 27.8 Å². The van der Waals surface area contributed by atoms with Crippen molar-refractivity contribution in [3.8, 4) is 0 Å². The highest BCUT2D eigenvalue weighted by atomic mass is 32.2. The normalized spacial score (nSPS) is 18.6. The first-order valence-electron chi connectivity index (χ1n) is 12.7. The number of aliphatic carboxylic acids is 1. The summed E-state index contributed by atoms with van der Waals surface area (Å²) in [5.41, 5.74) is 5.22. The Kier molecular flexibility index (Phi) is 10.5. The summed E-state index contributed by atoms with van der Waals surface area (Å²) in [6, 6.07) is -1.01. The van der Waals surface area contributed by atoms with Crippen molar-refractivity contribution < 1.29 is 33.9 Å². The van der Waals surface area contributed by atoms with Gasteiger partial charge < -0.3 is 31.0 Å². The molecule has 2 aliphatic heterocycles. The third-order valence-corrected chi connectivity index (χ3v) is 9.46. The number of carboxylic acids is 1. The van der Waals surface area contributed by atoms with E-state index >= 15 is 0 Å². The molecule has 0 bridgehead atoms. The van der Waals surface area contributed by atoms with E-state index in [4.69, 9.17) is 15.3 Å². The minimum atomic E-state index is -1.23. The van der Waals surface area contributed by atoms with Gasteiger partial charge in [0.2, 0.25) is 11.5 Å². The lowest BCUT2D eigenvalue weighted by Gasteiger charge is -2.49. The monoisotopic (exact) mass is 671 g/mol. The summed E-state index contributed by atoms with van der Waals surface area (Å²) in [7, 11) is 0. The molecular formula is C23H29N9O7S4. The van der Waals surface area contributed by atoms with Crippen LogP contribution in [0.1, 0.15) is 38.0 Å². The molecule has 2 aromatic heterocycles. The predicted molar refractivity (Wildman–Crippen MR) is 161 cm³/mol. The van der Waals surface area contributed by atoms with Crippen molar-refractivity contribution in [1.29, 1.82) is 0 Å². The van der Waals surface area contributed by atoms with Crippen molar-refractivity contribution in [2.24, 2.45) is 5.16 Å². The number of oxime groups is 1. The number of nitrogens with one attached hydrogen (secondary N) is 2. The smallest absolute Gasteiger partial charge is 0.407 e. The van der Waals surface area contributed by atoms with E-state index in [9.17, 15) is 24.3 Å². The van der Waals surface area contributed by atoms with Crippen LogP contribution in [0.3, 0.4) is 0 Å². The zero-order valence-corrected chi connectivity index (χ0v) is 26.7. The number of aromatic nitrogens is 4.